The number of carbonyl (C=O) groups is 2. The lowest BCUT2D eigenvalue weighted by molar-refractivity contribution is -0.161. The van der Waals surface area contributed by atoms with Crippen LogP contribution in [0, 0.1) is 5.92 Å². The smallest absolute Gasteiger partial charge is 0.334 e. The molecule has 1 saturated carbocycles. The van der Waals surface area contributed by atoms with Gasteiger partial charge in [0.2, 0.25) is 5.91 Å². The van der Waals surface area contributed by atoms with E-state index in [-0.39, 0.29) is 31.1 Å². The number of ether oxygens (including phenoxy) is 1. The topological polar surface area (TPSA) is 87.1 Å². The molecule has 1 aliphatic carbocycles. The highest BCUT2D eigenvalue weighted by atomic mass is 16.5. The van der Waals surface area contributed by atoms with Crippen molar-refractivity contribution in [1.29, 1.82) is 0 Å². The summed E-state index contributed by atoms with van der Waals surface area (Å²) in [5, 5.41) is 18.3. The highest BCUT2D eigenvalue weighted by Gasteiger charge is 2.33. The summed E-state index contributed by atoms with van der Waals surface area (Å²) in [5.41, 5.74) is 0. The molecule has 6 nitrogen and oxygen atoms in total. The summed E-state index contributed by atoms with van der Waals surface area (Å²) in [7, 11) is 0. The van der Waals surface area contributed by atoms with Gasteiger partial charge in [-0.25, -0.2) is 4.79 Å². The maximum atomic E-state index is 12.2. The molecule has 6 heteroatoms. The second-order valence-corrected chi connectivity index (χ2v) is 4.99. The van der Waals surface area contributed by atoms with E-state index < -0.39 is 12.1 Å². The largest absolute Gasteiger partial charge is 0.479 e. The van der Waals surface area contributed by atoms with Crippen LogP contribution >= 0.6 is 0 Å². The van der Waals surface area contributed by atoms with Crippen LogP contribution in [0.5, 0.6) is 0 Å². The van der Waals surface area contributed by atoms with Gasteiger partial charge in [-0.05, 0) is 25.7 Å². The Hall–Kier alpha value is -1.14. The molecule has 102 valence electrons. The summed E-state index contributed by atoms with van der Waals surface area (Å²) >= 11 is 0. The summed E-state index contributed by atoms with van der Waals surface area (Å²) in [4.78, 5) is 24.7. The molecule has 0 aromatic rings. The van der Waals surface area contributed by atoms with Crippen LogP contribution in [-0.2, 0) is 14.3 Å². The summed E-state index contributed by atoms with van der Waals surface area (Å²) in [6, 6.07) is 0. The number of aliphatic carboxylic acids is 1. The van der Waals surface area contributed by atoms with Crippen LogP contribution in [0.25, 0.3) is 0 Å². The first-order valence-corrected chi connectivity index (χ1v) is 6.39. The van der Waals surface area contributed by atoms with E-state index in [1.807, 2.05) is 0 Å². The van der Waals surface area contributed by atoms with Gasteiger partial charge >= 0.3 is 5.97 Å². The van der Waals surface area contributed by atoms with Crippen molar-refractivity contribution >= 4 is 11.9 Å². The van der Waals surface area contributed by atoms with Gasteiger partial charge in [0.1, 0.15) is 0 Å². The third-order valence-electron chi connectivity index (χ3n) is 3.70. The molecule has 1 unspecified atom stereocenters. The molecule has 0 bridgehead atoms. The molecule has 0 aromatic carbocycles. The Morgan fingerprint density at radius 1 is 1.17 bits per heavy atom. The van der Waals surface area contributed by atoms with Gasteiger partial charge < -0.3 is 19.8 Å². The minimum atomic E-state index is -1.02. The molecule has 1 heterocycles. The normalized spacial score (nSPS) is 33.2. The van der Waals surface area contributed by atoms with Crippen LogP contribution in [0.4, 0.5) is 0 Å². The Bertz CT molecular complexity index is 324. The highest BCUT2D eigenvalue weighted by molar-refractivity contribution is 5.80. The van der Waals surface area contributed by atoms with Crippen LogP contribution < -0.4 is 0 Å². The average molecular weight is 257 g/mol. The Kier molecular flexibility index (Phi) is 4.19. The molecule has 18 heavy (non-hydrogen) atoms. The monoisotopic (exact) mass is 257 g/mol. The lowest BCUT2D eigenvalue weighted by Crippen LogP contribution is -2.50. The maximum absolute atomic E-state index is 12.2. The van der Waals surface area contributed by atoms with Gasteiger partial charge in [-0.15, -0.1) is 0 Å². The van der Waals surface area contributed by atoms with Crippen LogP contribution in [-0.4, -0.2) is 58.9 Å². The van der Waals surface area contributed by atoms with E-state index in [4.69, 9.17) is 9.84 Å². The van der Waals surface area contributed by atoms with E-state index in [1.165, 1.54) is 0 Å². The fraction of sp³-hybridized carbons (Fsp3) is 0.833. The molecular weight excluding hydrogens is 238 g/mol. The molecule has 2 aliphatic rings. The van der Waals surface area contributed by atoms with Gasteiger partial charge in [0, 0.05) is 12.5 Å². The van der Waals surface area contributed by atoms with E-state index in [0.29, 0.717) is 32.2 Å². The molecule has 0 aromatic heterocycles. The van der Waals surface area contributed by atoms with E-state index >= 15 is 0 Å². The van der Waals surface area contributed by atoms with Gasteiger partial charge in [0.25, 0.3) is 0 Å². The second-order valence-electron chi connectivity index (χ2n) is 4.99. The molecule has 0 radical (unpaired) electrons. The van der Waals surface area contributed by atoms with Crippen molar-refractivity contribution in [3.05, 3.63) is 0 Å². The molecule has 1 amide bonds. The predicted octanol–water partition coefficient (Wildman–Crippen LogP) is -0.151. The number of rotatable bonds is 2. The Labute approximate surface area is 106 Å². The number of nitrogens with zero attached hydrogens (tertiary/aromatic N) is 1. The first kappa shape index (κ1) is 13.3. The van der Waals surface area contributed by atoms with E-state index in [1.54, 1.807) is 4.90 Å². The fourth-order valence-corrected chi connectivity index (χ4v) is 2.58. The number of carbonyl (C=O) groups excluding carboxylic acids is 1. The summed E-state index contributed by atoms with van der Waals surface area (Å²) < 4.78 is 5.09. The van der Waals surface area contributed by atoms with Gasteiger partial charge in [-0.3, -0.25) is 4.79 Å². The lowest BCUT2D eigenvalue weighted by atomic mass is 9.86. The fourth-order valence-electron chi connectivity index (χ4n) is 2.58. The predicted molar refractivity (Wildman–Crippen MR) is 61.9 cm³/mol. The van der Waals surface area contributed by atoms with Gasteiger partial charge in [0.15, 0.2) is 6.10 Å². The lowest BCUT2D eigenvalue weighted by Gasteiger charge is -2.35. The van der Waals surface area contributed by atoms with Crippen LogP contribution in [0.15, 0.2) is 0 Å². The van der Waals surface area contributed by atoms with Crippen molar-refractivity contribution in [2.45, 2.75) is 37.9 Å². The summed E-state index contributed by atoms with van der Waals surface area (Å²) in [6.07, 6.45) is 1.50. The van der Waals surface area contributed by atoms with Crippen molar-refractivity contribution in [2.75, 3.05) is 19.7 Å². The molecule has 2 N–H and O–H groups in total. The van der Waals surface area contributed by atoms with Gasteiger partial charge in [0.05, 0.1) is 19.3 Å². The van der Waals surface area contributed by atoms with Gasteiger partial charge in [-0.2, -0.15) is 0 Å². The zero-order valence-electron chi connectivity index (χ0n) is 10.2. The Morgan fingerprint density at radius 3 is 2.44 bits per heavy atom. The van der Waals surface area contributed by atoms with Gasteiger partial charge in [-0.1, -0.05) is 0 Å². The molecule has 0 spiro atoms. The van der Waals surface area contributed by atoms with Crippen LogP contribution in [0.2, 0.25) is 0 Å². The van der Waals surface area contributed by atoms with Crippen molar-refractivity contribution < 1.29 is 24.5 Å². The molecular formula is C12H19NO5. The number of hydrogen-bond donors (Lipinski definition) is 2. The van der Waals surface area contributed by atoms with Crippen LogP contribution in [0.3, 0.4) is 0 Å². The van der Waals surface area contributed by atoms with Crippen molar-refractivity contribution in [3.63, 3.8) is 0 Å². The Morgan fingerprint density at radius 2 is 1.83 bits per heavy atom. The number of carboxylic acids is 1. The molecule has 1 saturated heterocycles. The maximum Gasteiger partial charge on any atom is 0.334 e. The third-order valence-corrected chi connectivity index (χ3v) is 3.70. The first-order valence-electron chi connectivity index (χ1n) is 6.39. The number of aliphatic hydroxyl groups is 1. The SMILES string of the molecule is O=C(O)C1CN(C(=O)C2CCC(O)CC2)CCO1. The number of morpholine rings is 1. The van der Waals surface area contributed by atoms with Crippen LogP contribution in [0.1, 0.15) is 25.7 Å². The first-order chi connectivity index (χ1) is 8.58. The molecule has 2 fully saturated rings. The second kappa shape index (κ2) is 5.67. The third kappa shape index (κ3) is 3.00. The number of aliphatic hydroxyl groups excluding tert-OH is 1. The van der Waals surface area contributed by atoms with Crippen molar-refractivity contribution in [3.8, 4) is 0 Å². The number of carboxylic acid groups (broad SMARTS) is 1. The zero-order valence-corrected chi connectivity index (χ0v) is 10.2. The quantitative estimate of drug-likeness (QED) is 0.718. The summed E-state index contributed by atoms with van der Waals surface area (Å²) in [6.45, 7) is 0.868. The molecule has 2 rings (SSSR count). The van der Waals surface area contributed by atoms with E-state index in [0.717, 1.165) is 0 Å². The van der Waals surface area contributed by atoms with Crippen molar-refractivity contribution in [1.82, 2.24) is 4.90 Å². The Balaban J connectivity index is 1.90. The number of amides is 1. The minimum absolute atomic E-state index is 0.0106. The highest BCUT2D eigenvalue weighted by Crippen LogP contribution is 2.26. The molecule has 1 aliphatic heterocycles. The zero-order chi connectivity index (χ0) is 13.1. The number of hydrogen-bond acceptors (Lipinski definition) is 4. The standard InChI is InChI=1S/C12H19NO5/c14-9-3-1-8(2-4-9)11(15)13-5-6-18-10(7-13)12(16)17/h8-10,14H,1-7H2,(H,16,17). The van der Waals surface area contributed by atoms with E-state index in [2.05, 4.69) is 0 Å². The van der Waals surface area contributed by atoms with E-state index in [9.17, 15) is 14.7 Å². The minimum Gasteiger partial charge on any atom is -0.479 e. The average Bonchev–Trinajstić information content (AvgIpc) is 2.39. The molecule has 1 atom stereocenters. The van der Waals surface area contributed by atoms with Crippen molar-refractivity contribution in [2.24, 2.45) is 5.92 Å². The summed E-state index contributed by atoms with van der Waals surface area (Å²) in [5.74, 6) is -1.08.